The van der Waals surface area contributed by atoms with Gasteiger partial charge >= 0.3 is 0 Å². The third kappa shape index (κ3) is 5.05. The molecule has 1 fully saturated rings. The summed E-state index contributed by atoms with van der Waals surface area (Å²) < 4.78 is 5.74. The summed E-state index contributed by atoms with van der Waals surface area (Å²) in [5, 5.41) is 0. The molecule has 1 aliphatic heterocycles. The van der Waals surface area contributed by atoms with E-state index in [1.165, 1.54) is 19.3 Å². The average molecular weight is 290 g/mol. The third-order valence-corrected chi connectivity index (χ3v) is 4.01. The first-order valence-electron chi connectivity index (χ1n) is 7.81. The standard InChI is InChI=1S/C17H26N2O2/c1-15-8-4-5-9-16(15)21-13-12-18(2)17(20)14-19-10-6-3-7-11-19/h4-5,8-9H,3,6-7,10-14H2,1-2H3. The molecule has 1 heterocycles. The number of carbonyl (C=O) groups excluding carboxylic acids is 1. The van der Waals surface area contributed by atoms with E-state index in [2.05, 4.69) is 4.90 Å². The Kier molecular flexibility index (Phi) is 6.05. The Morgan fingerprint density at radius 3 is 2.67 bits per heavy atom. The average Bonchev–Trinajstić information content (AvgIpc) is 2.50. The van der Waals surface area contributed by atoms with Crippen LogP contribution in [0.3, 0.4) is 0 Å². The van der Waals surface area contributed by atoms with E-state index in [4.69, 9.17) is 4.74 Å². The molecule has 21 heavy (non-hydrogen) atoms. The van der Waals surface area contributed by atoms with E-state index in [-0.39, 0.29) is 5.91 Å². The van der Waals surface area contributed by atoms with Crippen LogP contribution in [0.5, 0.6) is 5.75 Å². The van der Waals surface area contributed by atoms with Crippen LogP contribution in [0.15, 0.2) is 24.3 Å². The summed E-state index contributed by atoms with van der Waals surface area (Å²) in [5.41, 5.74) is 1.12. The van der Waals surface area contributed by atoms with E-state index in [0.29, 0.717) is 19.7 Å². The van der Waals surface area contributed by atoms with Gasteiger partial charge in [0.2, 0.25) is 5.91 Å². The van der Waals surface area contributed by atoms with Crippen molar-refractivity contribution in [2.75, 3.05) is 39.8 Å². The second kappa shape index (κ2) is 8.03. The maximum Gasteiger partial charge on any atom is 0.236 e. The second-order valence-electron chi connectivity index (χ2n) is 5.77. The molecule has 2 rings (SSSR count). The van der Waals surface area contributed by atoms with Gasteiger partial charge in [-0.2, -0.15) is 0 Å². The highest BCUT2D eigenvalue weighted by Crippen LogP contribution is 2.15. The lowest BCUT2D eigenvalue weighted by atomic mass is 10.1. The zero-order chi connectivity index (χ0) is 15.1. The Labute approximate surface area is 127 Å². The molecule has 0 N–H and O–H groups in total. The van der Waals surface area contributed by atoms with Gasteiger partial charge in [0.1, 0.15) is 12.4 Å². The number of benzene rings is 1. The summed E-state index contributed by atoms with van der Waals surface area (Å²) in [6.45, 7) is 5.84. The zero-order valence-electron chi connectivity index (χ0n) is 13.2. The van der Waals surface area contributed by atoms with Gasteiger partial charge in [-0.15, -0.1) is 0 Å². The van der Waals surface area contributed by atoms with Crippen molar-refractivity contribution in [3.63, 3.8) is 0 Å². The number of aryl methyl sites for hydroxylation is 1. The van der Waals surface area contributed by atoms with Crippen LogP contribution in [0.25, 0.3) is 0 Å². The summed E-state index contributed by atoms with van der Waals surface area (Å²) in [6, 6.07) is 7.95. The molecule has 0 unspecified atom stereocenters. The highest BCUT2D eigenvalue weighted by atomic mass is 16.5. The normalized spacial score (nSPS) is 15.7. The van der Waals surface area contributed by atoms with Crippen LogP contribution >= 0.6 is 0 Å². The molecule has 0 aliphatic carbocycles. The first kappa shape index (κ1) is 15.8. The fraction of sp³-hybridized carbons (Fsp3) is 0.588. The lowest BCUT2D eigenvalue weighted by Gasteiger charge is -2.28. The van der Waals surface area contributed by atoms with E-state index in [9.17, 15) is 4.79 Å². The topological polar surface area (TPSA) is 32.8 Å². The van der Waals surface area contributed by atoms with Gasteiger partial charge in [0.25, 0.3) is 0 Å². The highest BCUT2D eigenvalue weighted by molar-refractivity contribution is 5.78. The summed E-state index contributed by atoms with van der Waals surface area (Å²) in [6.07, 6.45) is 3.73. The molecule has 116 valence electrons. The Balaban J connectivity index is 1.70. The minimum atomic E-state index is 0.185. The van der Waals surface area contributed by atoms with Crippen molar-refractivity contribution in [3.8, 4) is 5.75 Å². The second-order valence-corrected chi connectivity index (χ2v) is 5.77. The molecule has 1 aromatic carbocycles. The number of para-hydroxylation sites is 1. The molecule has 0 radical (unpaired) electrons. The monoisotopic (exact) mass is 290 g/mol. The smallest absolute Gasteiger partial charge is 0.236 e. The number of hydrogen-bond donors (Lipinski definition) is 0. The quantitative estimate of drug-likeness (QED) is 0.806. The summed E-state index contributed by atoms with van der Waals surface area (Å²) in [7, 11) is 1.85. The van der Waals surface area contributed by atoms with Crippen LogP contribution in [-0.2, 0) is 4.79 Å². The van der Waals surface area contributed by atoms with Crippen molar-refractivity contribution in [2.45, 2.75) is 26.2 Å². The number of likely N-dealkylation sites (tertiary alicyclic amines) is 1. The van der Waals surface area contributed by atoms with E-state index >= 15 is 0 Å². The SMILES string of the molecule is Cc1ccccc1OCCN(C)C(=O)CN1CCCCC1. The molecule has 4 nitrogen and oxygen atoms in total. The Hall–Kier alpha value is -1.55. The molecule has 0 aromatic heterocycles. The number of amides is 1. The Morgan fingerprint density at radius 2 is 1.95 bits per heavy atom. The molecule has 0 bridgehead atoms. The third-order valence-electron chi connectivity index (χ3n) is 4.01. The summed E-state index contributed by atoms with van der Waals surface area (Å²) in [5.74, 6) is 1.08. The van der Waals surface area contributed by atoms with Crippen LogP contribution in [0, 0.1) is 6.92 Å². The van der Waals surface area contributed by atoms with Gasteiger partial charge in [-0.05, 0) is 44.5 Å². The van der Waals surface area contributed by atoms with Gasteiger partial charge in [0.15, 0.2) is 0 Å². The van der Waals surface area contributed by atoms with Gasteiger partial charge in [0, 0.05) is 7.05 Å². The molecule has 1 amide bonds. The zero-order valence-corrected chi connectivity index (χ0v) is 13.2. The van der Waals surface area contributed by atoms with E-state index in [1.54, 1.807) is 4.90 Å². The minimum Gasteiger partial charge on any atom is -0.491 e. The van der Waals surface area contributed by atoms with Crippen molar-refractivity contribution in [3.05, 3.63) is 29.8 Å². The van der Waals surface area contributed by atoms with Crippen LogP contribution in [0.4, 0.5) is 0 Å². The van der Waals surface area contributed by atoms with Crippen LogP contribution < -0.4 is 4.74 Å². The van der Waals surface area contributed by atoms with E-state index in [0.717, 1.165) is 24.4 Å². The lowest BCUT2D eigenvalue weighted by molar-refractivity contribution is -0.131. The molecule has 0 atom stereocenters. The number of hydrogen-bond acceptors (Lipinski definition) is 3. The predicted octanol–water partition coefficient (Wildman–Crippen LogP) is 2.32. The Bertz CT molecular complexity index is 456. The minimum absolute atomic E-state index is 0.185. The molecule has 4 heteroatoms. The maximum absolute atomic E-state index is 12.1. The van der Waals surface area contributed by atoms with Crippen molar-refractivity contribution < 1.29 is 9.53 Å². The first-order valence-corrected chi connectivity index (χ1v) is 7.81. The summed E-state index contributed by atoms with van der Waals surface area (Å²) in [4.78, 5) is 16.2. The molecule has 1 aliphatic rings. The Morgan fingerprint density at radius 1 is 1.24 bits per heavy atom. The van der Waals surface area contributed by atoms with Crippen molar-refractivity contribution in [1.29, 1.82) is 0 Å². The van der Waals surface area contributed by atoms with Crippen molar-refractivity contribution >= 4 is 5.91 Å². The lowest BCUT2D eigenvalue weighted by Crippen LogP contribution is -2.41. The van der Waals surface area contributed by atoms with Crippen molar-refractivity contribution in [2.24, 2.45) is 0 Å². The van der Waals surface area contributed by atoms with Crippen LogP contribution in [-0.4, -0.2) is 55.5 Å². The largest absolute Gasteiger partial charge is 0.491 e. The first-order chi connectivity index (χ1) is 10.2. The van der Waals surface area contributed by atoms with Gasteiger partial charge in [-0.3, -0.25) is 9.69 Å². The predicted molar refractivity (Wildman–Crippen MR) is 84.6 cm³/mol. The number of likely N-dealkylation sites (N-methyl/N-ethyl adjacent to an activating group) is 1. The molecular weight excluding hydrogens is 264 g/mol. The number of carbonyl (C=O) groups is 1. The molecule has 1 aromatic rings. The van der Waals surface area contributed by atoms with Gasteiger partial charge in [-0.1, -0.05) is 24.6 Å². The number of piperidine rings is 1. The highest BCUT2D eigenvalue weighted by Gasteiger charge is 2.16. The molecule has 0 spiro atoms. The fourth-order valence-electron chi connectivity index (χ4n) is 2.57. The maximum atomic E-state index is 12.1. The van der Waals surface area contributed by atoms with Crippen molar-refractivity contribution in [1.82, 2.24) is 9.80 Å². The van der Waals surface area contributed by atoms with E-state index < -0.39 is 0 Å². The van der Waals surface area contributed by atoms with Gasteiger partial charge in [0.05, 0.1) is 13.1 Å². The number of rotatable bonds is 6. The molecular formula is C17H26N2O2. The summed E-state index contributed by atoms with van der Waals surface area (Å²) >= 11 is 0. The molecule has 1 saturated heterocycles. The van der Waals surface area contributed by atoms with E-state index in [1.807, 2.05) is 38.2 Å². The number of nitrogens with zero attached hydrogens (tertiary/aromatic N) is 2. The van der Waals surface area contributed by atoms with Crippen LogP contribution in [0.1, 0.15) is 24.8 Å². The fourth-order valence-corrected chi connectivity index (χ4v) is 2.57. The van der Waals surface area contributed by atoms with Gasteiger partial charge < -0.3 is 9.64 Å². The number of ether oxygens (including phenoxy) is 1. The molecule has 0 saturated carbocycles. The van der Waals surface area contributed by atoms with Crippen LogP contribution in [0.2, 0.25) is 0 Å². The van der Waals surface area contributed by atoms with Gasteiger partial charge in [-0.25, -0.2) is 0 Å².